The number of benzene rings is 1. The summed E-state index contributed by atoms with van der Waals surface area (Å²) in [5.74, 6) is 1.54. The molecular weight excluding hydrogens is 290 g/mol. The summed E-state index contributed by atoms with van der Waals surface area (Å²) in [6.45, 7) is 2.06. The van der Waals surface area contributed by atoms with Crippen molar-refractivity contribution in [3.05, 3.63) is 47.3 Å². The van der Waals surface area contributed by atoms with Gasteiger partial charge in [0, 0.05) is 10.9 Å². The molecule has 3 rings (SSSR count). The first-order valence-corrected chi connectivity index (χ1v) is 8.16. The maximum absolute atomic E-state index is 5.55. The lowest BCUT2D eigenvalue weighted by Crippen LogP contribution is -1.88. The van der Waals surface area contributed by atoms with Crippen molar-refractivity contribution in [3.63, 3.8) is 0 Å². The van der Waals surface area contributed by atoms with Crippen molar-refractivity contribution in [1.82, 2.24) is 15.2 Å². The van der Waals surface area contributed by atoms with Crippen LogP contribution in [0, 0.1) is 0 Å². The monoisotopic (exact) mass is 303 g/mol. The number of thioether (sulfide) groups is 1. The highest BCUT2D eigenvalue weighted by Crippen LogP contribution is 2.24. The van der Waals surface area contributed by atoms with Crippen molar-refractivity contribution < 1.29 is 4.42 Å². The molecule has 0 unspecified atom stereocenters. The minimum Gasteiger partial charge on any atom is -0.416 e. The molecule has 0 atom stereocenters. The summed E-state index contributed by atoms with van der Waals surface area (Å²) in [5, 5.41) is 11.7. The fourth-order valence-corrected chi connectivity index (χ4v) is 3.07. The lowest BCUT2D eigenvalue weighted by molar-refractivity contribution is 0.419. The molecule has 0 aliphatic rings. The van der Waals surface area contributed by atoms with Gasteiger partial charge in [-0.1, -0.05) is 49.0 Å². The average Bonchev–Trinajstić information content (AvgIpc) is 3.11. The lowest BCUT2D eigenvalue weighted by atomic mass is 10.2. The third-order valence-corrected chi connectivity index (χ3v) is 4.26. The molecule has 20 heavy (non-hydrogen) atoms. The number of hydrogen-bond donors (Lipinski definition) is 0. The summed E-state index contributed by atoms with van der Waals surface area (Å²) in [5.41, 5.74) is 2.10. The fraction of sp³-hybridized carbons (Fsp3) is 0.214. The van der Waals surface area contributed by atoms with Crippen LogP contribution in [0.1, 0.15) is 18.5 Å². The maximum atomic E-state index is 5.55. The van der Waals surface area contributed by atoms with Gasteiger partial charge >= 0.3 is 0 Å². The quantitative estimate of drug-likeness (QED) is 0.669. The molecule has 0 radical (unpaired) electrons. The van der Waals surface area contributed by atoms with Crippen molar-refractivity contribution in [1.29, 1.82) is 0 Å². The van der Waals surface area contributed by atoms with E-state index in [-0.39, 0.29) is 0 Å². The Morgan fingerprint density at radius 3 is 2.85 bits per heavy atom. The van der Waals surface area contributed by atoms with Crippen LogP contribution in [-0.4, -0.2) is 20.9 Å². The van der Waals surface area contributed by atoms with Crippen LogP contribution in [0.25, 0.3) is 10.6 Å². The van der Waals surface area contributed by atoms with E-state index in [4.69, 9.17) is 4.42 Å². The molecule has 0 amide bonds. The fourth-order valence-electron chi connectivity index (χ4n) is 1.75. The number of aromatic nitrogens is 3. The zero-order valence-electron chi connectivity index (χ0n) is 10.9. The smallest absolute Gasteiger partial charge is 0.276 e. The van der Waals surface area contributed by atoms with E-state index in [0.29, 0.717) is 17.5 Å². The van der Waals surface area contributed by atoms with E-state index in [0.717, 1.165) is 22.0 Å². The van der Waals surface area contributed by atoms with Crippen LogP contribution in [0.2, 0.25) is 0 Å². The molecular formula is C14H13N3OS2. The van der Waals surface area contributed by atoms with Gasteiger partial charge in [0.25, 0.3) is 5.22 Å². The molecule has 0 aliphatic heterocycles. The Kier molecular flexibility index (Phi) is 4.13. The standard InChI is InChI=1S/C14H13N3OS2/c1-2-19-14-17-16-12(18-14)8-11-9-20-13(15-11)10-6-4-3-5-7-10/h3-7,9H,2,8H2,1H3. The maximum Gasteiger partial charge on any atom is 0.276 e. The van der Waals surface area contributed by atoms with Gasteiger partial charge in [0.05, 0.1) is 12.1 Å². The Hall–Kier alpha value is -1.66. The molecule has 0 fully saturated rings. The second kappa shape index (κ2) is 6.19. The molecule has 0 bridgehead atoms. The second-order valence-electron chi connectivity index (χ2n) is 4.08. The van der Waals surface area contributed by atoms with Crippen LogP contribution >= 0.6 is 23.1 Å². The highest BCUT2D eigenvalue weighted by atomic mass is 32.2. The van der Waals surface area contributed by atoms with Crippen LogP contribution in [-0.2, 0) is 6.42 Å². The van der Waals surface area contributed by atoms with Crippen LogP contribution in [0.15, 0.2) is 45.4 Å². The first kappa shape index (κ1) is 13.3. The average molecular weight is 303 g/mol. The molecule has 1 aromatic carbocycles. The zero-order valence-corrected chi connectivity index (χ0v) is 12.6. The first-order valence-electron chi connectivity index (χ1n) is 6.30. The first-order chi connectivity index (χ1) is 9.85. The Labute approximate surface area is 125 Å². The van der Waals surface area contributed by atoms with Gasteiger partial charge in [0.1, 0.15) is 5.01 Å². The van der Waals surface area contributed by atoms with E-state index < -0.39 is 0 Å². The van der Waals surface area contributed by atoms with Crippen molar-refractivity contribution in [2.45, 2.75) is 18.6 Å². The summed E-state index contributed by atoms with van der Waals surface area (Å²) >= 11 is 3.18. The SMILES string of the molecule is CCSc1nnc(Cc2csc(-c3ccccc3)n2)o1. The van der Waals surface area contributed by atoms with Gasteiger partial charge in [-0.2, -0.15) is 0 Å². The third-order valence-electron chi connectivity index (χ3n) is 2.62. The summed E-state index contributed by atoms with van der Waals surface area (Å²) in [7, 11) is 0. The van der Waals surface area contributed by atoms with E-state index in [1.807, 2.05) is 23.6 Å². The number of rotatable bonds is 5. The van der Waals surface area contributed by atoms with Crippen molar-refractivity contribution >= 4 is 23.1 Å². The number of nitrogens with zero attached hydrogens (tertiary/aromatic N) is 3. The van der Waals surface area contributed by atoms with E-state index in [9.17, 15) is 0 Å². The van der Waals surface area contributed by atoms with Crippen molar-refractivity contribution in [2.24, 2.45) is 0 Å². The van der Waals surface area contributed by atoms with E-state index >= 15 is 0 Å². The van der Waals surface area contributed by atoms with Crippen molar-refractivity contribution in [3.8, 4) is 10.6 Å². The molecule has 2 aromatic heterocycles. The zero-order chi connectivity index (χ0) is 13.8. The summed E-state index contributed by atoms with van der Waals surface area (Å²) in [6, 6.07) is 10.2. The highest BCUT2D eigenvalue weighted by molar-refractivity contribution is 7.99. The van der Waals surface area contributed by atoms with Gasteiger partial charge in [-0.05, 0) is 5.75 Å². The largest absolute Gasteiger partial charge is 0.416 e. The predicted octanol–water partition coefficient (Wildman–Crippen LogP) is 3.90. The van der Waals surface area contributed by atoms with Gasteiger partial charge < -0.3 is 4.42 Å². The molecule has 0 aliphatic carbocycles. The van der Waals surface area contributed by atoms with E-state index in [1.165, 1.54) is 0 Å². The summed E-state index contributed by atoms with van der Waals surface area (Å²) in [6.07, 6.45) is 0.584. The number of hydrogen-bond acceptors (Lipinski definition) is 6. The molecule has 3 aromatic rings. The Bertz CT molecular complexity index is 679. The topological polar surface area (TPSA) is 51.8 Å². The minimum absolute atomic E-state index is 0.584. The van der Waals surface area contributed by atoms with Crippen LogP contribution in [0.5, 0.6) is 0 Å². The van der Waals surface area contributed by atoms with E-state index in [1.54, 1.807) is 23.1 Å². The van der Waals surface area contributed by atoms with Gasteiger partial charge in [0.2, 0.25) is 5.89 Å². The number of thiazole rings is 1. The predicted molar refractivity (Wildman–Crippen MR) is 81.1 cm³/mol. The molecule has 0 N–H and O–H groups in total. The normalized spacial score (nSPS) is 10.8. The Morgan fingerprint density at radius 1 is 1.20 bits per heavy atom. The van der Waals surface area contributed by atoms with Gasteiger partial charge in [0.15, 0.2) is 0 Å². The van der Waals surface area contributed by atoms with Gasteiger partial charge in [-0.3, -0.25) is 0 Å². The lowest BCUT2D eigenvalue weighted by Gasteiger charge is -1.94. The molecule has 4 nitrogen and oxygen atoms in total. The second-order valence-corrected chi connectivity index (χ2v) is 6.15. The molecule has 102 valence electrons. The van der Waals surface area contributed by atoms with Gasteiger partial charge in [-0.25, -0.2) is 4.98 Å². The molecule has 2 heterocycles. The minimum atomic E-state index is 0.584. The molecule has 6 heteroatoms. The van der Waals surface area contributed by atoms with Gasteiger partial charge in [-0.15, -0.1) is 21.5 Å². The molecule has 0 spiro atoms. The van der Waals surface area contributed by atoms with Crippen LogP contribution in [0.3, 0.4) is 0 Å². The molecule has 0 saturated heterocycles. The molecule has 0 saturated carbocycles. The van der Waals surface area contributed by atoms with Crippen molar-refractivity contribution in [2.75, 3.05) is 5.75 Å². The van der Waals surface area contributed by atoms with Crippen LogP contribution < -0.4 is 0 Å². The Morgan fingerprint density at radius 2 is 2.05 bits per heavy atom. The van der Waals surface area contributed by atoms with E-state index in [2.05, 4.69) is 34.2 Å². The Balaban J connectivity index is 1.73. The third kappa shape index (κ3) is 3.08. The summed E-state index contributed by atoms with van der Waals surface area (Å²) in [4.78, 5) is 4.61. The highest BCUT2D eigenvalue weighted by Gasteiger charge is 2.10. The van der Waals surface area contributed by atoms with Crippen LogP contribution in [0.4, 0.5) is 0 Å². The summed E-state index contributed by atoms with van der Waals surface area (Å²) < 4.78 is 5.55.